The Kier molecular flexibility index (Phi) is 5.84. The second-order valence-corrected chi connectivity index (χ2v) is 9.91. The largest absolute Gasteiger partial charge is 0.480 e. The van der Waals surface area contributed by atoms with Crippen molar-refractivity contribution in [2.75, 3.05) is 16.3 Å². The zero-order chi connectivity index (χ0) is 23.3. The number of halogens is 3. The molecule has 3 aromatic rings. The quantitative estimate of drug-likeness (QED) is 0.456. The first kappa shape index (κ1) is 22.3. The highest BCUT2D eigenvalue weighted by Gasteiger charge is 2.44. The Labute approximate surface area is 208 Å². The van der Waals surface area contributed by atoms with Gasteiger partial charge < -0.3 is 10.0 Å². The Hall–Kier alpha value is -2.55. The van der Waals surface area contributed by atoms with Gasteiger partial charge in [-0.25, -0.2) is 14.7 Å². The van der Waals surface area contributed by atoms with E-state index in [0.717, 1.165) is 16.5 Å². The van der Waals surface area contributed by atoms with Crippen LogP contribution in [-0.2, 0) is 16.0 Å². The second-order valence-electron chi connectivity index (χ2n) is 8.12. The summed E-state index contributed by atoms with van der Waals surface area (Å²) >= 11 is 15.9. The number of aliphatic carboxylic acids is 1. The molecule has 2 aliphatic rings. The number of rotatable bonds is 5. The van der Waals surface area contributed by atoms with Crippen LogP contribution in [0.5, 0.6) is 0 Å². The number of carbonyl (C=O) groups is 2. The Balaban J connectivity index is 1.62. The molecule has 2 aromatic carbocycles. The number of anilines is 3. The number of benzene rings is 2. The summed E-state index contributed by atoms with van der Waals surface area (Å²) in [7, 11) is 0. The summed E-state index contributed by atoms with van der Waals surface area (Å²) < 4.78 is 2.80. The van der Waals surface area contributed by atoms with Gasteiger partial charge in [0, 0.05) is 27.5 Å². The number of carboxylic acids is 1. The lowest BCUT2D eigenvalue weighted by Crippen LogP contribution is -2.37. The third kappa shape index (κ3) is 4.00. The van der Waals surface area contributed by atoms with E-state index < -0.39 is 18.1 Å². The van der Waals surface area contributed by atoms with Crippen molar-refractivity contribution >= 4 is 68.5 Å². The van der Waals surface area contributed by atoms with Gasteiger partial charge in [-0.05, 0) is 48.7 Å². The highest BCUT2D eigenvalue weighted by molar-refractivity contribution is 9.10. The Morgan fingerprint density at radius 3 is 2.52 bits per heavy atom. The van der Waals surface area contributed by atoms with Crippen molar-refractivity contribution in [3.63, 3.8) is 0 Å². The second kappa shape index (κ2) is 8.66. The molecule has 0 bridgehead atoms. The Morgan fingerprint density at radius 2 is 1.85 bits per heavy atom. The number of imidazole rings is 1. The standard InChI is InChI=1S/C23H19BrCl2N4O3/c24-14-5-3-13(4-6-14)8-19-21(31)29(17-10-15(25)9-16(26)11-17)23-27-12-20(30(19)23)28-7-1-2-18(28)22(32)33/h3-6,9-12,18-19H,1-2,7-8H2,(H,32,33). The number of hydrogen-bond donors (Lipinski definition) is 1. The molecule has 1 aromatic heterocycles. The molecule has 3 heterocycles. The third-order valence-electron chi connectivity index (χ3n) is 6.05. The SMILES string of the molecule is O=C(O)C1CCCN1c1cnc2n1C(Cc1ccc(Br)cc1)C(=O)N2c1cc(Cl)cc(Cl)c1. The highest BCUT2D eigenvalue weighted by atomic mass is 79.9. The van der Waals surface area contributed by atoms with Gasteiger partial charge in [0.25, 0.3) is 5.91 Å². The molecule has 1 saturated heterocycles. The number of nitrogens with zero attached hydrogens (tertiary/aromatic N) is 4. The number of hydrogen-bond acceptors (Lipinski definition) is 4. The maximum absolute atomic E-state index is 13.7. The fourth-order valence-corrected chi connectivity index (χ4v) is 5.39. The molecule has 1 amide bonds. The van der Waals surface area contributed by atoms with Crippen LogP contribution in [0.15, 0.2) is 53.1 Å². The molecule has 7 nitrogen and oxygen atoms in total. The minimum atomic E-state index is -0.879. The zero-order valence-corrected chi connectivity index (χ0v) is 20.4. The van der Waals surface area contributed by atoms with E-state index in [9.17, 15) is 14.7 Å². The molecule has 0 spiro atoms. The number of carboxylic acid groups (broad SMARTS) is 1. The zero-order valence-electron chi connectivity index (χ0n) is 17.3. The molecule has 2 unspecified atom stereocenters. The number of amides is 1. The van der Waals surface area contributed by atoms with Crippen LogP contribution in [0.1, 0.15) is 24.4 Å². The van der Waals surface area contributed by atoms with Gasteiger partial charge in [0.05, 0.1) is 11.9 Å². The van der Waals surface area contributed by atoms with Crippen LogP contribution in [0.3, 0.4) is 0 Å². The molecule has 1 fully saturated rings. The van der Waals surface area contributed by atoms with E-state index in [1.54, 1.807) is 24.4 Å². The predicted octanol–water partition coefficient (Wildman–Crippen LogP) is 5.47. The summed E-state index contributed by atoms with van der Waals surface area (Å²) in [5.74, 6) is -0.00513. The Bertz CT molecular complexity index is 1230. The molecule has 2 atom stereocenters. The molecule has 1 N–H and O–H groups in total. The summed E-state index contributed by atoms with van der Waals surface area (Å²) in [4.78, 5) is 33.5. The van der Waals surface area contributed by atoms with Gasteiger partial charge in [-0.1, -0.05) is 51.3 Å². The van der Waals surface area contributed by atoms with Crippen molar-refractivity contribution in [3.05, 3.63) is 68.7 Å². The third-order valence-corrected chi connectivity index (χ3v) is 7.02. The van der Waals surface area contributed by atoms with Gasteiger partial charge >= 0.3 is 5.97 Å². The van der Waals surface area contributed by atoms with Gasteiger partial charge in [-0.15, -0.1) is 0 Å². The molecular formula is C23H19BrCl2N4O3. The number of fused-ring (bicyclic) bond motifs is 1. The van der Waals surface area contributed by atoms with E-state index in [1.165, 1.54) is 4.90 Å². The van der Waals surface area contributed by atoms with Gasteiger partial charge in [0.1, 0.15) is 17.9 Å². The van der Waals surface area contributed by atoms with Gasteiger partial charge in [-0.3, -0.25) is 9.36 Å². The van der Waals surface area contributed by atoms with Gasteiger partial charge in [-0.2, -0.15) is 0 Å². The Morgan fingerprint density at radius 1 is 1.15 bits per heavy atom. The summed E-state index contributed by atoms with van der Waals surface area (Å²) in [5, 5.41) is 10.5. The monoisotopic (exact) mass is 548 g/mol. The van der Waals surface area contributed by atoms with E-state index in [-0.39, 0.29) is 5.91 Å². The molecular weight excluding hydrogens is 531 g/mol. The van der Waals surface area contributed by atoms with Crippen molar-refractivity contribution in [2.45, 2.75) is 31.3 Å². The summed E-state index contributed by atoms with van der Waals surface area (Å²) in [6.07, 6.45) is 3.39. The summed E-state index contributed by atoms with van der Waals surface area (Å²) in [5.41, 5.74) is 1.50. The maximum Gasteiger partial charge on any atom is 0.326 e. The van der Waals surface area contributed by atoms with Crippen LogP contribution >= 0.6 is 39.1 Å². The van der Waals surface area contributed by atoms with E-state index >= 15 is 0 Å². The highest BCUT2D eigenvalue weighted by Crippen LogP contribution is 2.43. The lowest BCUT2D eigenvalue weighted by molar-refractivity contribution is -0.138. The first-order chi connectivity index (χ1) is 15.8. The van der Waals surface area contributed by atoms with Crippen LogP contribution in [0, 0.1) is 0 Å². The lowest BCUT2D eigenvalue weighted by Gasteiger charge is -2.25. The van der Waals surface area contributed by atoms with Crippen LogP contribution < -0.4 is 9.80 Å². The first-order valence-electron chi connectivity index (χ1n) is 10.4. The number of carbonyl (C=O) groups excluding carboxylic acids is 1. The number of aromatic nitrogens is 2. The average Bonchev–Trinajstić information content (AvgIpc) is 3.45. The topological polar surface area (TPSA) is 78.7 Å². The van der Waals surface area contributed by atoms with Gasteiger partial charge in [0.2, 0.25) is 5.95 Å². The first-order valence-corrected chi connectivity index (χ1v) is 12.0. The van der Waals surface area contributed by atoms with Crippen LogP contribution in [0.2, 0.25) is 10.0 Å². The molecule has 0 saturated carbocycles. The molecule has 170 valence electrons. The van der Waals surface area contributed by atoms with Crippen LogP contribution in [0.25, 0.3) is 0 Å². The summed E-state index contributed by atoms with van der Waals surface area (Å²) in [6, 6.07) is 11.5. The van der Waals surface area contributed by atoms with Crippen molar-refractivity contribution in [3.8, 4) is 0 Å². The fraction of sp³-hybridized carbons (Fsp3) is 0.261. The maximum atomic E-state index is 13.7. The van der Waals surface area contributed by atoms with Crippen molar-refractivity contribution in [1.82, 2.24) is 9.55 Å². The fourth-order valence-electron chi connectivity index (χ4n) is 4.61. The van der Waals surface area contributed by atoms with Crippen LogP contribution in [-0.4, -0.2) is 39.1 Å². The van der Waals surface area contributed by atoms with Crippen molar-refractivity contribution in [2.24, 2.45) is 0 Å². The smallest absolute Gasteiger partial charge is 0.326 e. The molecule has 0 radical (unpaired) electrons. The van der Waals surface area contributed by atoms with E-state index in [0.29, 0.717) is 46.9 Å². The van der Waals surface area contributed by atoms with Crippen molar-refractivity contribution in [1.29, 1.82) is 0 Å². The lowest BCUT2D eigenvalue weighted by atomic mass is 10.1. The molecule has 5 rings (SSSR count). The molecule has 2 aliphatic heterocycles. The predicted molar refractivity (Wildman–Crippen MR) is 131 cm³/mol. The minimum absolute atomic E-state index is 0.174. The van der Waals surface area contributed by atoms with Crippen molar-refractivity contribution < 1.29 is 14.7 Å². The van der Waals surface area contributed by atoms with Crippen LogP contribution in [0.4, 0.5) is 17.5 Å². The van der Waals surface area contributed by atoms with Gasteiger partial charge in [0.15, 0.2) is 0 Å². The van der Waals surface area contributed by atoms with E-state index in [1.807, 2.05) is 33.7 Å². The average molecular weight is 550 g/mol. The summed E-state index contributed by atoms with van der Waals surface area (Å²) in [6.45, 7) is 0.588. The molecule has 10 heteroatoms. The van der Waals surface area contributed by atoms with E-state index in [2.05, 4.69) is 20.9 Å². The molecule has 33 heavy (non-hydrogen) atoms. The normalized spacial score (nSPS) is 19.9. The minimum Gasteiger partial charge on any atom is -0.480 e. The molecule has 0 aliphatic carbocycles. The van der Waals surface area contributed by atoms with E-state index in [4.69, 9.17) is 23.2 Å².